The average Bonchev–Trinajstić information content (AvgIpc) is 3.22. The van der Waals surface area contributed by atoms with Gasteiger partial charge in [-0.1, -0.05) is 311 Å². The van der Waals surface area contributed by atoms with Crippen molar-refractivity contribution in [1.82, 2.24) is 4.90 Å². The minimum atomic E-state index is 0. The molecule has 2 atom stereocenters. The Hall–Kier alpha value is 1.60. The second-order valence-corrected chi connectivity index (χ2v) is 19.5. The van der Waals surface area contributed by atoms with Crippen LogP contribution in [0.4, 0.5) is 0 Å². The van der Waals surface area contributed by atoms with Crippen LogP contribution in [0.25, 0.3) is 0 Å². The molecule has 0 heterocycles. The molecule has 0 aromatic rings. The maximum atomic E-state index is 3.23. The van der Waals surface area contributed by atoms with E-state index >= 15 is 0 Å². The second-order valence-electron chi connectivity index (χ2n) is 19.5. The molecule has 58 heavy (non-hydrogen) atoms. The summed E-state index contributed by atoms with van der Waals surface area (Å²) in [5.74, 6) is 0. The fourth-order valence-corrected chi connectivity index (χ4v) is 9.81. The van der Waals surface area contributed by atoms with E-state index in [1.807, 2.05) is 0 Å². The Labute approximate surface area is 413 Å². The van der Waals surface area contributed by atoms with Gasteiger partial charge >= 0.3 is 0 Å². The number of hydrogen-bond acceptors (Lipinski definition) is 1. The number of unbranched alkanes of at least 4 members (excludes halogenated alkanes) is 39. The van der Waals surface area contributed by atoms with Gasteiger partial charge in [0.05, 0.1) is 0 Å². The third-order valence-electron chi connectivity index (χ3n) is 13.8. The molecule has 1 nitrogen and oxygen atoms in total. The molecule has 0 aliphatic heterocycles. The molecule has 0 saturated heterocycles. The Morgan fingerprint density at radius 1 is 0.207 bits per heavy atom. The van der Waals surface area contributed by atoms with E-state index in [-0.39, 0.29) is 51.4 Å². The zero-order valence-corrected chi connectivity index (χ0v) is 45.4. The predicted octanol–water partition coefficient (Wildman–Crippen LogP) is 20.5. The summed E-state index contributed by atoms with van der Waals surface area (Å²) >= 11 is 0. The number of rotatable bonds is 51. The van der Waals surface area contributed by atoms with Crippen LogP contribution in [0.3, 0.4) is 0 Å². The van der Waals surface area contributed by atoms with Crippen LogP contribution in [-0.4, -0.2) is 74.9 Å². The van der Waals surface area contributed by atoms with Crippen molar-refractivity contribution in [2.24, 2.45) is 0 Å². The van der Waals surface area contributed by atoms with Crippen LogP contribution in [-0.2, 0) is 0 Å². The molecule has 1 radical (unpaired) electrons. The summed E-state index contributed by atoms with van der Waals surface area (Å²) in [4.78, 5) is 3.23. The van der Waals surface area contributed by atoms with Crippen molar-refractivity contribution in [1.29, 1.82) is 0 Å². The van der Waals surface area contributed by atoms with Gasteiger partial charge in [0.25, 0.3) is 0 Å². The first-order valence-electron chi connectivity index (χ1n) is 28.0. The van der Waals surface area contributed by atoms with Crippen molar-refractivity contribution in [2.75, 3.05) is 6.54 Å². The molecular formula is C56H115KN. The summed E-state index contributed by atoms with van der Waals surface area (Å²) < 4.78 is 0. The number of nitrogens with zero attached hydrogens (tertiary/aromatic N) is 1. The monoisotopic (exact) mass is 841 g/mol. The molecule has 345 valence electrons. The van der Waals surface area contributed by atoms with Crippen LogP contribution in [0.1, 0.15) is 343 Å². The maximum absolute atomic E-state index is 3.23. The Morgan fingerprint density at radius 2 is 0.362 bits per heavy atom. The van der Waals surface area contributed by atoms with Gasteiger partial charge in [0.15, 0.2) is 0 Å². The van der Waals surface area contributed by atoms with Gasteiger partial charge in [0, 0.05) is 63.5 Å². The SMILES string of the molecule is CCCCCCCCCCCCCC(CCCCCCCCC)N(CCCCCCCCCC)C(CCCCCCCCC)CCCCCCCCCCCCC.[K]. The van der Waals surface area contributed by atoms with Crippen LogP contribution >= 0.6 is 0 Å². The van der Waals surface area contributed by atoms with E-state index in [4.69, 9.17) is 0 Å². The fourth-order valence-electron chi connectivity index (χ4n) is 9.81. The molecular weight excluding hydrogens is 726 g/mol. The van der Waals surface area contributed by atoms with Crippen LogP contribution in [0.2, 0.25) is 0 Å². The standard InChI is InChI=1S/C56H115N.K/c1-6-11-16-21-26-29-31-33-37-42-47-52-55(50-45-40-35-24-19-14-9-4)57(54-49-44-39-28-23-18-13-8-3)56(51-46-41-36-25-20-15-10-5)53-48-43-38-34-32-30-27-22-17-12-7-2;/h55-56H,6-54H2,1-5H3;. The molecule has 0 aliphatic rings. The molecule has 2 unspecified atom stereocenters. The predicted molar refractivity (Wildman–Crippen MR) is 270 cm³/mol. The van der Waals surface area contributed by atoms with Gasteiger partial charge in [-0.05, 0) is 38.6 Å². The molecule has 0 saturated carbocycles. The molecule has 0 aromatic heterocycles. The normalized spacial score (nSPS) is 12.7. The molecule has 2 heteroatoms. The van der Waals surface area contributed by atoms with Crippen molar-refractivity contribution in [3.05, 3.63) is 0 Å². The first-order valence-corrected chi connectivity index (χ1v) is 28.0. The van der Waals surface area contributed by atoms with Crippen molar-refractivity contribution >= 4 is 51.4 Å². The van der Waals surface area contributed by atoms with E-state index in [1.54, 1.807) is 0 Å². The minimum Gasteiger partial charge on any atom is -0.297 e. The topological polar surface area (TPSA) is 3.24 Å². The van der Waals surface area contributed by atoms with Crippen LogP contribution in [0.5, 0.6) is 0 Å². The molecule has 0 N–H and O–H groups in total. The van der Waals surface area contributed by atoms with E-state index in [0.29, 0.717) is 0 Å². The third kappa shape index (κ3) is 45.6. The zero-order chi connectivity index (χ0) is 41.4. The fraction of sp³-hybridized carbons (Fsp3) is 1.00. The van der Waals surface area contributed by atoms with Gasteiger partial charge in [0.2, 0.25) is 0 Å². The Bertz CT molecular complexity index is 646. The summed E-state index contributed by atoms with van der Waals surface area (Å²) in [7, 11) is 0. The second kappa shape index (κ2) is 54.7. The van der Waals surface area contributed by atoms with Crippen molar-refractivity contribution < 1.29 is 0 Å². The van der Waals surface area contributed by atoms with Gasteiger partial charge in [-0.2, -0.15) is 0 Å². The summed E-state index contributed by atoms with van der Waals surface area (Å²) in [5, 5.41) is 0. The van der Waals surface area contributed by atoms with Crippen molar-refractivity contribution in [3.63, 3.8) is 0 Å². The number of hydrogen-bond donors (Lipinski definition) is 0. The van der Waals surface area contributed by atoms with E-state index in [2.05, 4.69) is 39.5 Å². The first-order chi connectivity index (χ1) is 28.2. The van der Waals surface area contributed by atoms with Gasteiger partial charge in [-0.15, -0.1) is 0 Å². The molecule has 0 spiro atoms. The minimum absolute atomic E-state index is 0. The Kier molecular flexibility index (Phi) is 58.2. The maximum Gasteiger partial charge on any atom is 0.00981 e. The smallest absolute Gasteiger partial charge is 0.00981 e. The summed E-state index contributed by atoms with van der Waals surface area (Å²) in [6.07, 6.45) is 70.1. The Morgan fingerprint density at radius 3 is 0.552 bits per heavy atom. The van der Waals surface area contributed by atoms with Crippen LogP contribution in [0, 0.1) is 0 Å². The molecule has 0 fully saturated rings. The quantitative estimate of drug-likeness (QED) is 0.0436. The molecule has 0 amide bonds. The van der Waals surface area contributed by atoms with E-state index in [9.17, 15) is 0 Å². The molecule has 0 rings (SSSR count). The largest absolute Gasteiger partial charge is 0.297 e. The summed E-state index contributed by atoms with van der Waals surface area (Å²) in [6.45, 7) is 13.1. The third-order valence-corrected chi connectivity index (χ3v) is 13.8. The summed E-state index contributed by atoms with van der Waals surface area (Å²) in [6, 6.07) is 1.68. The van der Waals surface area contributed by atoms with Gasteiger partial charge < -0.3 is 0 Å². The molecule has 0 bridgehead atoms. The van der Waals surface area contributed by atoms with Crippen molar-refractivity contribution in [2.45, 2.75) is 355 Å². The van der Waals surface area contributed by atoms with Gasteiger partial charge in [-0.25, -0.2) is 0 Å². The Balaban J connectivity index is 0. The first kappa shape index (κ1) is 61.7. The average molecular weight is 842 g/mol. The summed E-state index contributed by atoms with van der Waals surface area (Å²) in [5.41, 5.74) is 0. The zero-order valence-electron chi connectivity index (χ0n) is 42.3. The molecule has 0 aromatic carbocycles. The van der Waals surface area contributed by atoms with Crippen molar-refractivity contribution in [3.8, 4) is 0 Å². The van der Waals surface area contributed by atoms with E-state index in [1.165, 1.54) is 315 Å². The van der Waals surface area contributed by atoms with E-state index < -0.39 is 0 Å². The van der Waals surface area contributed by atoms with Crippen LogP contribution < -0.4 is 0 Å². The molecule has 0 aliphatic carbocycles. The van der Waals surface area contributed by atoms with E-state index in [0.717, 1.165) is 12.1 Å². The van der Waals surface area contributed by atoms with Crippen LogP contribution in [0.15, 0.2) is 0 Å². The van der Waals surface area contributed by atoms with Gasteiger partial charge in [-0.3, -0.25) is 4.90 Å². The van der Waals surface area contributed by atoms with Gasteiger partial charge in [0.1, 0.15) is 0 Å².